The largest absolute Gasteiger partial charge is 0.468 e. The van der Waals surface area contributed by atoms with E-state index in [2.05, 4.69) is 20.0 Å². The molecule has 0 aliphatic carbocycles. The monoisotopic (exact) mass is 317 g/mol. The first-order valence-corrected chi connectivity index (χ1v) is 6.69. The second-order valence-corrected chi connectivity index (χ2v) is 4.76. The summed E-state index contributed by atoms with van der Waals surface area (Å²) in [5, 5.41) is 7.62. The highest BCUT2D eigenvalue weighted by Gasteiger charge is 2.14. The van der Waals surface area contributed by atoms with Crippen LogP contribution in [0.4, 0.5) is 4.39 Å². The molecular formula is C14H12FN5O3. The SMILES string of the molecule is COC(=O)Cn1cnc2c(nnn2Cc2ccccc2F)c1=O. The Labute approximate surface area is 129 Å². The van der Waals surface area contributed by atoms with Crippen molar-refractivity contribution < 1.29 is 13.9 Å². The average Bonchev–Trinajstić information content (AvgIpc) is 2.96. The molecule has 0 saturated heterocycles. The zero-order chi connectivity index (χ0) is 16.4. The topological polar surface area (TPSA) is 91.9 Å². The van der Waals surface area contributed by atoms with Gasteiger partial charge in [-0.2, -0.15) is 0 Å². The van der Waals surface area contributed by atoms with Gasteiger partial charge >= 0.3 is 5.97 Å². The number of rotatable bonds is 4. The van der Waals surface area contributed by atoms with Crippen molar-refractivity contribution in [3.05, 3.63) is 52.3 Å². The van der Waals surface area contributed by atoms with Gasteiger partial charge in [-0.3, -0.25) is 14.2 Å². The third-order valence-electron chi connectivity index (χ3n) is 3.30. The van der Waals surface area contributed by atoms with E-state index >= 15 is 0 Å². The van der Waals surface area contributed by atoms with Crippen LogP contribution in [0.1, 0.15) is 5.56 Å². The molecule has 1 aromatic carbocycles. The number of benzene rings is 1. The van der Waals surface area contributed by atoms with E-state index in [1.165, 1.54) is 24.2 Å². The number of carbonyl (C=O) groups is 1. The number of hydrogen-bond donors (Lipinski definition) is 0. The van der Waals surface area contributed by atoms with Crippen molar-refractivity contribution in [3.8, 4) is 0 Å². The van der Waals surface area contributed by atoms with Crippen molar-refractivity contribution in [2.24, 2.45) is 0 Å². The molecule has 2 heterocycles. The Kier molecular flexibility index (Phi) is 3.83. The van der Waals surface area contributed by atoms with Crippen LogP contribution in [0, 0.1) is 5.82 Å². The van der Waals surface area contributed by atoms with Crippen LogP contribution in [0.3, 0.4) is 0 Å². The number of aromatic nitrogens is 5. The lowest BCUT2D eigenvalue weighted by Gasteiger charge is -2.05. The predicted octanol–water partition coefficient (Wildman–Crippen LogP) is 0.348. The zero-order valence-corrected chi connectivity index (χ0v) is 12.1. The third-order valence-corrected chi connectivity index (χ3v) is 3.30. The van der Waals surface area contributed by atoms with Crippen LogP contribution in [0.2, 0.25) is 0 Å². The number of ether oxygens (including phenoxy) is 1. The van der Waals surface area contributed by atoms with E-state index < -0.39 is 11.5 Å². The molecule has 3 rings (SSSR count). The van der Waals surface area contributed by atoms with Crippen LogP contribution in [0.25, 0.3) is 11.2 Å². The van der Waals surface area contributed by atoms with Gasteiger partial charge in [0.15, 0.2) is 11.2 Å². The molecule has 0 N–H and O–H groups in total. The maximum atomic E-state index is 13.7. The molecular weight excluding hydrogens is 305 g/mol. The van der Waals surface area contributed by atoms with Gasteiger partial charge < -0.3 is 4.74 Å². The van der Waals surface area contributed by atoms with Gasteiger partial charge in [-0.05, 0) is 6.07 Å². The minimum atomic E-state index is -0.577. The number of nitrogens with zero attached hydrogens (tertiary/aromatic N) is 5. The lowest BCUT2D eigenvalue weighted by molar-refractivity contribution is -0.141. The summed E-state index contributed by atoms with van der Waals surface area (Å²) >= 11 is 0. The molecule has 0 bridgehead atoms. The van der Waals surface area contributed by atoms with E-state index in [9.17, 15) is 14.0 Å². The second kappa shape index (κ2) is 5.95. The van der Waals surface area contributed by atoms with Crippen LogP contribution in [0.5, 0.6) is 0 Å². The van der Waals surface area contributed by atoms with Crippen molar-refractivity contribution in [2.75, 3.05) is 7.11 Å². The van der Waals surface area contributed by atoms with Gasteiger partial charge in [0.05, 0.1) is 13.7 Å². The van der Waals surface area contributed by atoms with Crippen molar-refractivity contribution in [1.29, 1.82) is 0 Å². The van der Waals surface area contributed by atoms with Crippen molar-refractivity contribution in [2.45, 2.75) is 13.1 Å². The highest BCUT2D eigenvalue weighted by molar-refractivity contribution is 5.71. The first kappa shape index (κ1) is 14.8. The normalized spacial score (nSPS) is 10.9. The van der Waals surface area contributed by atoms with E-state index in [1.54, 1.807) is 18.2 Å². The fourth-order valence-corrected chi connectivity index (χ4v) is 2.10. The average molecular weight is 317 g/mol. The summed E-state index contributed by atoms with van der Waals surface area (Å²) in [5.74, 6) is -0.956. The van der Waals surface area contributed by atoms with Crippen LogP contribution >= 0.6 is 0 Å². The summed E-state index contributed by atoms with van der Waals surface area (Å²) in [6.07, 6.45) is 1.21. The zero-order valence-electron chi connectivity index (χ0n) is 12.1. The fraction of sp³-hybridized carbons (Fsp3) is 0.214. The highest BCUT2D eigenvalue weighted by atomic mass is 19.1. The number of methoxy groups -OCH3 is 1. The number of esters is 1. The van der Waals surface area contributed by atoms with Crippen molar-refractivity contribution in [1.82, 2.24) is 24.5 Å². The molecule has 2 aromatic heterocycles. The minimum absolute atomic E-state index is 0.00717. The molecule has 0 aliphatic heterocycles. The highest BCUT2D eigenvalue weighted by Crippen LogP contribution is 2.10. The number of halogens is 1. The van der Waals surface area contributed by atoms with Gasteiger partial charge in [-0.1, -0.05) is 23.4 Å². The van der Waals surface area contributed by atoms with Gasteiger partial charge in [0, 0.05) is 5.56 Å². The molecule has 118 valence electrons. The minimum Gasteiger partial charge on any atom is -0.468 e. The van der Waals surface area contributed by atoms with Gasteiger partial charge in [-0.15, -0.1) is 5.10 Å². The Hall–Kier alpha value is -3.10. The summed E-state index contributed by atoms with van der Waals surface area (Å²) in [7, 11) is 1.23. The first-order valence-electron chi connectivity index (χ1n) is 6.69. The van der Waals surface area contributed by atoms with Crippen molar-refractivity contribution in [3.63, 3.8) is 0 Å². The van der Waals surface area contributed by atoms with Gasteiger partial charge in [0.2, 0.25) is 0 Å². The van der Waals surface area contributed by atoms with E-state index in [0.717, 1.165) is 4.57 Å². The molecule has 0 aliphatic rings. The Balaban J connectivity index is 1.99. The van der Waals surface area contributed by atoms with Crippen LogP contribution in [-0.2, 0) is 22.6 Å². The van der Waals surface area contributed by atoms with Crippen molar-refractivity contribution >= 4 is 17.1 Å². The van der Waals surface area contributed by atoms with Crippen LogP contribution in [0.15, 0.2) is 35.4 Å². The smallest absolute Gasteiger partial charge is 0.325 e. The van der Waals surface area contributed by atoms with Crippen LogP contribution in [-0.4, -0.2) is 37.6 Å². The lowest BCUT2D eigenvalue weighted by atomic mass is 10.2. The molecule has 0 atom stereocenters. The van der Waals surface area contributed by atoms with Crippen LogP contribution < -0.4 is 5.56 Å². The maximum absolute atomic E-state index is 13.7. The summed E-state index contributed by atoms with van der Waals surface area (Å²) in [4.78, 5) is 27.6. The second-order valence-electron chi connectivity index (χ2n) is 4.76. The molecule has 0 fully saturated rings. The Morgan fingerprint density at radius 2 is 2.13 bits per heavy atom. The maximum Gasteiger partial charge on any atom is 0.325 e. The number of fused-ring (bicyclic) bond motifs is 1. The Morgan fingerprint density at radius 3 is 2.87 bits per heavy atom. The molecule has 0 radical (unpaired) electrons. The molecule has 0 spiro atoms. The molecule has 23 heavy (non-hydrogen) atoms. The van der Waals surface area contributed by atoms with E-state index in [-0.39, 0.29) is 30.1 Å². The quantitative estimate of drug-likeness (QED) is 0.645. The standard InChI is InChI=1S/C14H12FN5O3/c1-23-11(21)7-19-8-16-13-12(14(19)22)17-18-20(13)6-9-4-2-3-5-10(9)15/h2-5,8H,6-7H2,1H3. The first-order chi connectivity index (χ1) is 11.1. The van der Waals surface area contributed by atoms with Gasteiger partial charge in [-0.25, -0.2) is 14.1 Å². The third kappa shape index (κ3) is 2.80. The van der Waals surface area contributed by atoms with E-state index in [0.29, 0.717) is 5.56 Å². The predicted molar refractivity (Wildman–Crippen MR) is 77.1 cm³/mol. The Bertz CT molecular complexity index is 934. The molecule has 0 saturated carbocycles. The molecule has 3 aromatic rings. The number of hydrogen-bond acceptors (Lipinski definition) is 6. The summed E-state index contributed by atoms with van der Waals surface area (Å²) in [5.41, 5.74) is 0.118. The molecule has 9 heteroatoms. The van der Waals surface area contributed by atoms with E-state index in [4.69, 9.17) is 0 Å². The summed E-state index contributed by atoms with van der Waals surface area (Å²) in [6, 6.07) is 6.24. The summed E-state index contributed by atoms with van der Waals surface area (Å²) < 4.78 is 20.6. The van der Waals surface area contributed by atoms with Gasteiger partial charge in [0.1, 0.15) is 18.7 Å². The molecule has 8 nitrogen and oxygen atoms in total. The van der Waals surface area contributed by atoms with Gasteiger partial charge in [0.25, 0.3) is 5.56 Å². The van der Waals surface area contributed by atoms with E-state index in [1.807, 2.05) is 0 Å². The summed E-state index contributed by atoms with van der Waals surface area (Å²) in [6.45, 7) is -0.172. The molecule has 0 amide bonds. The Morgan fingerprint density at radius 1 is 1.35 bits per heavy atom. The molecule has 0 unspecified atom stereocenters. The fourth-order valence-electron chi connectivity index (χ4n) is 2.10. The number of carbonyl (C=O) groups excluding carboxylic acids is 1. The lowest BCUT2D eigenvalue weighted by Crippen LogP contribution is -2.25.